The van der Waals surface area contributed by atoms with Gasteiger partial charge in [0.2, 0.25) is 11.7 Å². The van der Waals surface area contributed by atoms with Gasteiger partial charge < -0.3 is 15.2 Å². The van der Waals surface area contributed by atoms with Gasteiger partial charge in [-0.1, -0.05) is 29.4 Å². The normalized spacial score (nSPS) is 10.6. The fourth-order valence-electron chi connectivity index (χ4n) is 2.65. The SMILES string of the molecule is O=C(NCc1cccs1)Nc1ccccc1Cc1nc(-c2ccncc2)no1. The van der Waals surface area contributed by atoms with E-state index in [4.69, 9.17) is 4.52 Å². The summed E-state index contributed by atoms with van der Waals surface area (Å²) in [7, 11) is 0. The Hall–Kier alpha value is -3.52. The molecule has 140 valence electrons. The molecule has 0 saturated heterocycles. The number of rotatable bonds is 6. The monoisotopic (exact) mass is 391 g/mol. The third-order valence-corrected chi connectivity index (χ3v) is 4.89. The number of urea groups is 1. The van der Waals surface area contributed by atoms with Crippen LogP contribution in [0.3, 0.4) is 0 Å². The minimum Gasteiger partial charge on any atom is -0.339 e. The van der Waals surface area contributed by atoms with Crippen LogP contribution in [0.5, 0.6) is 0 Å². The van der Waals surface area contributed by atoms with Gasteiger partial charge in [0.1, 0.15) is 0 Å². The number of thiophene rings is 1. The molecule has 0 aliphatic heterocycles. The molecule has 0 aliphatic rings. The predicted molar refractivity (Wildman–Crippen MR) is 107 cm³/mol. The Balaban J connectivity index is 1.43. The van der Waals surface area contributed by atoms with Crippen molar-refractivity contribution in [3.05, 3.63) is 82.6 Å². The van der Waals surface area contributed by atoms with Crippen molar-refractivity contribution >= 4 is 23.1 Å². The van der Waals surface area contributed by atoms with E-state index in [1.165, 1.54) is 0 Å². The zero-order chi connectivity index (χ0) is 19.2. The van der Waals surface area contributed by atoms with Gasteiger partial charge in [-0.15, -0.1) is 11.3 Å². The van der Waals surface area contributed by atoms with E-state index in [0.29, 0.717) is 30.4 Å². The van der Waals surface area contributed by atoms with E-state index in [0.717, 1.165) is 16.0 Å². The van der Waals surface area contributed by atoms with Crippen LogP contribution in [0, 0.1) is 0 Å². The number of pyridine rings is 1. The summed E-state index contributed by atoms with van der Waals surface area (Å²) < 4.78 is 5.37. The molecule has 0 spiro atoms. The van der Waals surface area contributed by atoms with Crippen LogP contribution in [0.4, 0.5) is 10.5 Å². The van der Waals surface area contributed by atoms with Crippen LogP contribution in [0.1, 0.15) is 16.3 Å². The molecular formula is C20H17N5O2S. The number of aromatic nitrogens is 3. The van der Waals surface area contributed by atoms with Gasteiger partial charge in [-0.3, -0.25) is 4.98 Å². The number of hydrogen-bond donors (Lipinski definition) is 2. The number of nitrogens with zero attached hydrogens (tertiary/aromatic N) is 3. The molecule has 7 nitrogen and oxygen atoms in total. The summed E-state index contributed by atoms with van der Waals surface area (Å²) in [6.45, 7) is 0.491. The van der Waals surface area contributed by atoms with Crippen molar-refractivity contribution in [2.75, 3.05) is 5.32 Å². The van der Waals surface area contributed by atoms with Gasteiger partial charge >= 0.3 is 6.03 Å². The molecule has 0 unspecified atom stereocenters. The van der Waals surface area contributed by atoms with Gasteiger partial charge in [0.05, 0.1) is 13.0 Å². The molecule has 0 saturated carbocycles. The fraction of sp³-hybridized carbons (Fsp3) is 0.100. The molecule has 0 aliphatic carbocycles. The van der Waals surface area contributed by atoms with E-state index in [1.54, 1.807) is 23.7 Å². The van der Waals surface area contributed by atoms with E-state index in [9.17, 15) is 4.79 Å². The Labute approximate surface area is 165 Å². The van der Waals surface area contributed by atoms with Crippen LogP contribution in [0.15, 0.2) is 70.8 Å². The minimum atomic E-state index is -0.260. The third kappa shape index (κ3) is 4.41. The Bertz CT molecular complexity index is 1050. The quantitative estimate of drug-likeness (QED) is 0.516. The number of carbonyl (C=O) groups is 1. The fourth-order valence-corrected chi connectivity index (χ4v) is 3.30. The standard InChI is InChI=1S/C20H17N5O2S/c26-20(22-13-16-5-3-11-28-16)23-17-6-2-1-4-15(17)12-18-24-19(25-27-18)14-7-9-21-10-8-14/h1-11H,12-13H2,(H2,22,23,26). The first-order valence-corrected chi connectivity index (χ1v) is 9.54. The summed E-state index contributed by atoms with van der Waals surface area (Å²) in [5, 5.41) is 11.7. The van der Waals surface area contributed by atoms with Crippen LogP contribution < -0.4 is 10.6 Å². The van der Waals surface area contributed by atoms with Crippen molar-refractivity contribution in [1.82, 2.24) is 20.4 Å². The van der Waals surface area contributed by atoms with Crippen LogP contribution in [-0.2, 0) is 13.0 Å². The summed E-state index contributed by atoms with van der Waals surface area (Å²) in [5.74, 6) is 0.983. The average molecular weight is 391 g/mol. The van der Waals surface area contributed by atoms with E-state index in [-0.39, 0.29) is 6.03 Å². The second-order valence-electron chi connectivity index (χ2n) is 5.97. The highest BCUT2D eigenvalue weighted by atomic mass is 32.1. The van der Waals surface area contributed by atoms with E-state index in [1.807, 2.05) is 53.9 Å². The molecule has 3 heterocycles. The molecule has 28 heavy (non-hydrogen) atoms. The molecule has 0 bridgehead atoms. The van der Waals surface area contributed by atoms with Crippen LogP contribution in [0.2, 0.25) is 0 Å². The van der Waals surface area contributed by atoms with Crippen molar-refractivity contribution in [1.29, 1.82) is 0 Å². The summed E-state index contributed by atoms with van der Waals surface area (Å²) in [6, 6.07) is 14.9. The first kappa shape index (κ1) is 17.9. The molecule has 2 amide bonds. The maximum Gasteiger partial charge on any atom is 0.319 e. The lowest BCUT2D eigenvalue weighted by molar-refractivity contribution is 0.252. The van der Waals surface area contributed by atoms with Crippen molar-refractivity contribution in [2.24, 2.45) is 0 Å². The topological polar surface area (TPSA) is 92.9 Å². The maximum absolute atomic E-state index is 12.2. The molecular weight excluding hydrogens is 374 g/mol. The molecule has 3 aromatic heterocycles. The zero-order valence-electron chi connectivity index (χ0n) is 14.8. The molecule has 2 N–H and O–H groups in total. The predicted octanol–water partition coefficient (Wildman–Crippen LogP) is 4.11. The van der Waals surface area contributed by atoms with Gasteiger partial charge in [-0.2, -0.15) is 4.98 Å². The Morgan fingerprint density at radius 2 is 1.93 bits per heavy atom. The molecule has 8 heteroatoms. The van der Waals surface area contributed by atoms with Crippen LogP contribution >= 0.6 is 11.3 Å². The lowest BCUT2D eigenvalue weighted by Gasteiger charge is -2.10. The molecule has 0 radical (unpaired) electrons. The first-order valence-electron chi connectivity index (χ1n) is 8.66. The van der Waals surface area contributed by atoms with Crippen molar-refractivity contribution < 1.29 is 9.32 Å². The van der Waals surface area contributed by atoms with Crippen LogP contribution in [-0.4, -0.2) is 21.2 Å². The van der Waals surface area contributed by atoms with Gasteiger partial charge in [-0.05, 0) is 35.2 Å². The number of anilines is 1. The number of hydrogen-bond acceptors (Lipinski definition) is 6. The first-order chi connectivity index (χ1) is 13.8. The number of benzene rings is 1. The Morgan fingerprint density at radius 1 is 1.07 bits per heavy atom. The minimum absolute atomic E-state index is 0.260. The summed E-state index contributed by atoms with van der Waals surface area (Å²) in [5.41, 5.74) is 2.43. The van der Waals surface area contributed by atoms with Gasteiger partial charge in [-0.25, -0.2) is 4.79 Å². The highest BCUT2D eigenvalue weighted by Crippen LogP contribution is 2.20. The highest BCUT2D eigenvalue weighted by molar-refractivity contribution is 7.09. The van der Waals surface area contributed by atoms with E-state index < -0.39 is 0 Å². The smallest absolute Gasteiger partial charge is 0.319 e. The number of amides is 2. The van der Waals surface area contributed by atoms with E-state index in [2.05, 4.69) is 25.8 Å². The molecule has 1 aromatic carbocycles. The Kier molecular flexibility index (Phi) is 5.39. The second-order valence-corrected chi connectivity index (χ2v) is 7.00. The Morgan fingerprint density at radius 3 is 2.75 bits per heavy atom. The number of para-hydroxylation sites is 1. The lowest BCUT2D eigenvalue weighted by atomic mass is 10.1. The van der Waals surface area contributed by atoms with Crippen molar-refractivity contribution in [3.63, 3.8) is 0 Å². The maximum atomic E-state index is 12.2. The average Bonchev–Trinajstić information content (AvgIpc) is 3.41. The largest absolute Gasteiger partial charge is 0.339 e. The highest BCUT2D eigenvalue weighted by Gasteiger charge is 2.12. The second kappa shape index (κ2) is 8.45. The van der Waals surface area contributed by atoms with Gasteiger partial charge in [0.25, 0.3) is 0 Å². The number of carbonyl (C=O) groups excluding carboxylic acids is 1. The molecule has 0 atom stereocenters. The van der Waals surface area contributed by atoms with Crippen LogP contribution in [0.25, 0.3) is 11.4 Å². The van der Waals surface area contributed by atoms with Gasteiger partial charge in [0.15, 0.2) is 0 Å². The summed E-state index contributed by atoms with van der Waals surface area (Å²) in [6.07, 6.45) is 3.78. The zero-order valence-corrected chi connectivity index (χ0v) is 15.6. The molecule has 4 rings (SSSR count). The molecule has 4 aromatic rings. The number of nitrogens with one attached hydrogen (secondary N) is 2. The molecule has 0 fully saturated rings. The van der Waals surface area contributed by atoms with Crippen molar-refractivity contribution in [2.45, 2.75) is 13.0 Å². The third-order valence-electron chi connectivity index (χ3n) is 4.02. The summed E-state index contributed by atoms with van der Waals surface area (Å²) in [4.78, 5) is 21.7. The summed E-state index contributed by atoms with van der Waals surface area (Å²) >= 11 is 1.60. The van der Waals surface area contributed by atoms with E-state index >= 15 is 0 Å². The lowest BCUT2D eigenvalue weighted by Crippen LogP contribution is -2.28. The van der Waals surface area contributed by atoms with Crippen molar-refractivity contribution in [3.8, 4) is 11.4 Å². The van der Waals surface area contributed by atoms with Gasteiger partial charge in [0, 0.05) is 28.5 Å².